The van der Waals surface area contributed by atoms with Gasteiger partial charge in [-0.05, 0) is 20.3 Å². The summed E-state index contributed by atoms with van der Waals surface area (Å²) in [5.41, 5.74) is 0.486. The van der Waals surface area contributed by atoms with Gasteiger partial charge in [-0.15, -0.1) is 0 Å². The van der Waals surface area contributed by atoms with Crippen LogP contribution in [-0.2, 0) is 14.4 Å². The van der Waals surface area contributed by atoms with E-state index in [-0.39, 0.29) is 11.6 Å². The SMILES string of the molecule is COCCC(C)C(=O)O/N=C(C)/C(C)=N/[O-]. The Hall–Kier alpha value is -1.43. The summed E-state index contributed by atoms with van der Waals surface area (Å²) in [5.74, 6) is -0.740. The fraction of sp³-hybridized carbons (Fsp3) is 0.700. The van der Waals surface area contributed by atoms with Crippen LogP contribution >= 0.6 is 0 Å². The van der Waals surface area contributed by atoms with Gasteiger partial charge in [-0.1, -0.05) is 12.1 Å². The number of methoxy groups -OCH3 is 1. The van der Waals surface area contributed by atoms with Crippen molar-refractivity contribution in [3.8, 4) is 0 Å². The second kappa shape index (κ2) is 7.81. The molecule has 0 amide bonds. The highest BCUT2D eigenvalue weighted by atomic mass is 16.7. The van der Waals surface area contributed by atoms with Crippen molar-refractivity contribution in [3.05, 3.63) is 5.21 Å². The summed E-state index contributed by atoms with van der Waals surface area (Å²) in [6.45, 7) is 5.25. The van der Waals surface area contributed by atoms with Crippen LogP contribution in [0.1, 0.15) is 27.2 Å². The summed E-state index contributed by atoms with van der Waals surface area (Å²) in [5, 5.41) is 16.3. The molecule has 0 saturated carbocycles. The zero-order valence-corrected chi connectivity index (χ0v) is 10.0. The van der Waals surface area contributed by atoms with Gasteiger partial charge in [0.2, 0.25) is 0 Å². The van der Waals surface area contributed by atoms with Crippen LogP contribution in [0.15, 0.2) is 10.3 Å². The van der Waals surface area contributed by atoms with Crippen molar-refractivity contribution < 1.29 is 14.4 Å². The molecule has 0 saturated heterocycles. The summed E-state index contributed by atoms with van der Waals surface area (Å²) < 4.78 is 4.84. The number of hydrogen-bond donors (Lipinski definition) is 0. The highest BCUT2D eigenvalue weighted by Crippen LogP contribution is 2.05. The molecule has 0 aliphatic carbocycles. The number of carbonyl (C=O) groups is 1. The van der Waals surface area contributed by atoms with E-state index < -0.39 is 5.97 Å². The maximum Gasteiger partial charge on any atom is 0.337 e. The van der Waals surface area contributed by atoms with Crippen LogP contribution in [0.5, 0.6) is 0 Å². The van der Waals surface area contributed by atoms with Crippen LogP contribution in [0.3, 0.4) is 0 Å². The molecule has 0 fully saturated rings. The predicted molar refractivity (Wildman–Crippen MR) is 61.3 cm³/mol. The number of nitrogens with zero attached hydrogens (tertiary/aromatic N) is 2. The van der Waals surface area contributed by atoms with E-state index in [4.69, 9.17) is 4.74 Å². The lowest BCUT2D eigenvalue weighted by molar-refractivity contribution is -0.148. The summed E-state index contributed by atoms with van der Waals surface area (Å²) in [7, 11) is 1.56. The lowest BCUT2D eigenvalue weighted by atomic mass is 10.1. The van der Waals surface area contributed by atoms with Crippen molar-refractivity contribution in [3.63, 3.8) is 0 Å². The standard InChI is InChI=1S/C10H18N2O4/c1-7(5-6-15-4)10(13)16-12-9(3)8(2)11-14/h7,14H,5-6H2,1-4H3/p-1/b11-8+,12-9+. The van der Waals surface area contributed by atoms with Gasteiger partial charge in [-0.2, -0.15) is 0 Å². The number of ether oxygens (including phenoxy) is 1. The smallest absolute Gasteiger partial charge is 0.337 e. The number of oxime groups is 1. The van der Waals surface area contributed by atoms with Gasteiger partial charge in [0.25, 0.3) is 0 Å². The normalized spacial score (nSPS) is 14.8. The van der Waals surface area contributed by atoms with Gasteiger partial charge in [-0.3, -0.25) is 0 Å². The van der Waals surface area contributed by atoms with Gasteiger partial charge in [0.1, 0.15) is 0 Å². The summed E-state index contributed by atoms with van der Waals surface area (Å²) in [6, 6.07) is 0. The molecule has 1 unspecified atom stereocenters. The number of hydrogen-bond acceptors (Lipinski definition) is 6. The molecule has 0 rings (SSSR count). The van der Waals surface area contributed by atoms with Gasteiger partial charge in [0, 0.05) is 13.7 Å². The molecule has 0 aliphatic rings. The van der Waals surface area contributed by atoms with Crippen LogP contribution in [0.25, 0.3) is 0 Å². The summed E-state index contributed by atoms with van der Waals surface area (Å²) in [4.78, 5) is 16.0. The first-order chi connectivity index (χ1) is 7.52. The molecule has 16 heavy (non-hydrogen) atoms. The molecular formula is C10H17N2O4-. The average Bonchev–Trinajstić information content (AvgIpc) is 2.31. The first kappa shape index (κ1) is 14.6. The van der Waals surface area contributed by atoms with E-state index >= 15 is 0 Å². The van der Waals surface area contributed by atoms with Gasteiger partial charge < -0.3 is 19.9 Å². The lowest BCUT2D eigenvalue weighted by Crippen LogP contribution is -2.16. The Kier molecular flexibility index (Phi) is 7.11. The Morgan fingerprint density at radius 1 is 1.38 bits per heavy atom. The van der Waals surface area contributed by atoms with E-state index in [0.717, 1.165) is 0 Å². The van der Waals surface area contributed by atoms with Gasteiger partial charge in [0.05, 0.1) is 17.3 Å². The minimum atomic E-state index is -0.449. The quantitative estimate of drug-likeness (QED) is 0.393. The van der Waals surface area contributed by atoms with E-state index in [1.165, 1.54) is 6.92 Å². The Labute approximate surface area is 94.9 Å². The zero-order valence-electron chi connectivity index (χ0n) is 10.0. The van der Waals surface area contributed by atoms with E-state index in [0.29, 0.717) is 18.7 Å². The van der Waals surface area contributed by atoms with Crippen molar-refractivity contribution >= 4 is 17.4 Å². The van der Waals surface area contributed by atoms with Crippen LogP contribution < -0.4 is 0 Å². The van der Waals surface area contributed by atoms with Crippen molar-refractivity contribution in [2.75, 3.05) is 13.7 Å². The molecule has 6 heteroatoms. The van der Waals surface area contributed by atoms with E-state index in [1.54, 1.807) is 21.0 Å². The second-order valence-corrected chi connectivity index (χ2v) is 3.45. The third-order valence-corrected chi connectivity index (χ3v) is 2.09. The van der Waals surface area contributed by atoms with E-state index in [9.17, 15) is 10.0 Å². The molecule has 0 aromatic rings. The van der Waals surface area contributed by atoms with Crippen LogP contribution in [0.2, 0.25) is 0 Å². The molecule has 0 aromatic heterocycles. The Morgan fingerprint density at radius 3 is 2.50 bits per heavy atom. The van der Waals surface area contributed by atoms with Crippen molar-refractivity contribution in [2.24, 2.45) is 16.2 Å². The van der Waals surface area contributed by atoms with Crippen molar-refractivity contribution in [1.82, 2.24) is 0 Å². The summed E-state index contributed by atoms with van der Waals surface area (Å²) >= 11 is 0. The third-order valence-electron chi connectivity index (χ3n) is 2.09. The van der Waals surface area contributed by atoms with Crippen LogP contribution in [0, 0.1) is 11.1 Å². The molecule has 0 aliphatic heterocycles. The van der Waals surface area contributed by atoms with Gasteiger partial charge in [-0.25, -0.2) is 4.79 Å². The molecule has 0 radical (unpaired) electrons. The average molecular weight is 229 g/mol. The molecule has 6 nitrogen and oxygen atoms in total. The highest BCUT2D eigenvalue weighted by molar-refractivity contribution is 6.40. The van der Waals surface area contributed by atoms with Crippen molar-refractivity contribution in [1.29, 1.82) is 0 Å². The Bertz CT molecular complexity index is 287. The van der Waals surface area contributed by atoms with Gasteiger partial charge in [0.15, 0.2) is 0 Å². The largest absolute Gasteiger partial charge is 0.792 e. The minimum absolute atomic E-state index is 0.192. The summed E-state index contributed by atoms with van der Waals surface area (Å²) in [6.07, 6.45) is 0.568. The molecule has 0 bridgehead atoms. The number of rotatable bonds is 6. The predicted octanol–water partition coefficient (Wildman–Crippen LogP) is 1.54. The first-order valence-corrected chi connectivity index (χ1v) is 4.94. The Balaban J connectivity index is 4.15. The van der Waals surface area contributed by atoms with Crippen LogP contribution in [-0.4, -0.2) is 31.1 Å². The topological polar surface area (TPSA) is 83.3 Å². The first-order valence-electron chi connectivity index (χ1n) is 4.94. The molecule has 92 valence electrons. The fourth-order valence-electron chi connectivity index (χ4n) is 0.748. The second-order valence-electron chi connectivity index (χ2n) is 3.45. The molecular weight excluding hydrogens is 212 g/mol. The lowest BCUT2D eigenvalue weighted by Gasteiger charge is -2.07. The molecule has 0 spiro atoms. The van der Waals surface area contributed by atoms with Gasteiger partial charge >= 0.3 is 5.97 Å². The third kappa shape index (κ3) is 5.45. The maximum atomic E-state index is 11.4. The fourth-order valence-corrected chi connectivity index (χ4v) is 0.748. The van der Waals surface area contributed by atoms with Crippen LogP contribution in [0.4, 0.5) is 0 Å². The molecule has 0 N–H and O–H groups in total. The monoisotopic (exact) mass is 229 g/mol. The zero-order chi connectivity index (χ0) is 12.6. The van der Waals surface area contributed by atoms with E-state index in [1.807, 2.05) is 0 Å². The molecule has 1 atom stereocenters. The number of carbonyl (C=O) groups excluding carboxylic acids is 1. The van der Waals surface area contributed by atoms with Crippen molar-refractivity contribution in [2.45, 2.75) is 27.2 Å². The maximum absolute atomic E-state index is 11.4. The van der Waals surface area contributed by atoms with E-state index in [2.05, 4.69) is 15.1 Å². The molecule has 0 aromatic carbocycles. The molecule has 0 heterocycles. The highest BCUT2D eigenvalue weighted by Gasteiger charge is 2.14. The minimum Gasteiger partial charge on any atom is -0.792 e. The Morgan fingerprint density at radius 2 is 2.00 bits per heavy atom.